The van der Waals surface area contributed by atoms with Gasteiger partial charge in [0.25, 0.3) is 5.91 Å². The van der Waals surface area contributed by atoms with E-state index < -0.39 is 6.10 Å². The summed E-state index contributed by atoms with van der Waals surface area (Å²) in [5, 5.41) is 3.00. The number of methoxy groups -OCH3 is 1. The Bertz CT molecular complexity index is 625. The zero-order valence-electron chi connectivity index (χ0n) is 14.5. The lowest BCUT2D eigenvalue weighted by atomic mass is 10.1. The minimum atomic E-state index is -0.544. The fraction of sp³-hybridized carbons (Fsp3) is 0.350. The van der Waals surface area contributed by atoms with Crippen LogP contribution in [0.4, 0.5) is 0 Å². The molecule has 0 aliphatic heterocycles. The Hall–Kier alpha value is -2.49. The van der Waals surface area contributed by atoms with Crippen molar-refractivity contribution in [2.75, 3.05) is 7.11 Å². The van der Waals surface area contributed by atoms with Crippen molar-refractivity contribution >= 4 is 5.91 Å². The van der Waals surface area contributed by atoms with E-state index in [1.807, 2.05) is 37.3 Å². The molecular weight excluding hydrogens is 302 g/mol. The summed E-state index contributed by atoms with van der Waals surface area (Å²) in [7, 11) is 1.61. The van der Waals surface area contributed by atoms with Gasteiger partial charge in [0.05, 0.1) is 7.11 Å². The van der Waals surface area contributed by atoms with Crippen molar-refractivity contribution in [3.05, 3.63) is 60.2 Å². The molecule has 0 saturated carbocycles. The van der Waals surface area contributed by atoms with Crippen molar-refractivity contribution in [2.24, 2.45) is 0 Å². The van der Waals surface area contributed by atoms with E-state index in [0.717, 1.165) is 18.6 Å². The first-order valence-corrected chi connectivity index (χ1v) is 8.23. The standard InChI is InChI=1S/C20H25NO3/c1-15(9-10-17-7-5-4-6-8-17)21-20(22)16(2)24-19-13-11-18(23-3)12-14-19/h4-8,11-16H,9-10H2,1-3H3,(H,21,22). The summed E-state index contributed by atoms with van der Waals surface area (Å²) in [4.78, 5) is 12.2. The lowest BCUT2D eigenvalue weighted by Crippen LogP contribution is -2.41. The molecule has 0 spiro atoms. The van der Waals surface area contributed by atoms with E-state index in [4.69, 9.17) is 9.47 Å². The van der Waals surface area contributed by atoms with Crippen LogP contribution in [0.1, 0.15) is 25.8 Å². The molecule has 0 saturated heterocycles. The van der Waals surface area contributed by atoms with Crippen molar-refractivity contribution in [1.29, 1.82) is 0 Å². The second kappa shape index (κ2) is 8.96. The Balaban J connectivity index is 1.77. The van der Waals surface area contributed by atoms with Crippen molar-refractivity contribution in [3.8, 4) is 11.5 Å². The smallest absolute Gasteiger partial charge is 0.260 e. The fourth-order valence-corrected chi connectivity index (χ4v) is 2.37. The molecule has 2 atom stereocenters. The van der Waals surface area contributed by atoms with Gasteiger partial charge in [-0.05, 0) is 56.5 Å². The van der Waals surface area contributed by atoms with Gasteiger partial charge in [-0.1, -0.05) is 30.3 Å². The van der Waals surface area contributed by atoms with Gasteiger partial charge in [-0.25, -0.2) is 0 Å². The predicted octanol–water partition coefficient (Wildman–Crippen LogP) is 3.60. The highest BCUT2D eigenvalue weighted by molar-refractivity contribution is 5.80. The van der Waals surface area contributed by atoms with Crippen molar-refractivity contribution in [2.45, 2.75) is 38.8 Å². The van der Waals surface area contributed by atoms with Crippen molar-refractivity contribution in [1.82, 2.24) is 5.32 Å². The van der Waals surface area contributed by atoms with Gasteiger partial charge in [0.2, 0.25) is 0 Å². The largest absolute Gasteiger partial charge is 0.497 e. The van der Waals surface area contributed by atoms with Crippen LogP contribution >= 0.6 is 0 Å². The SMILES string of the molecule is COc1ccc(OC(C)C(=O)NC(C)CCc2ccccc2)cc1. The van der Waals surface area contributed by atoms with E-state index in [2.05, 4.69) is 17.4 Å². The molecule has 4 nitrogen and oxygen atoms in total. The Morgan fingerprint density at radius 3 is 2.25 bits per heavy atom. The van der Waals surface area contributed by atoms with Gasteiger partial charge in [-0.3, -0.25) is 4.79 Å². The van der Waals surface area contributed by atoms with Crippen LogP contribution in [-0.4, -0.2) is 25.2 Å². The monoisotopic (exact) mass is 327 g/mol. The van der Waals surface area contributed by atoms with Crippen molar-refractivity contribution < 1.29 is 14.3 Å². The van der Waals surface area contributed by atoms with E-state index in [1.165, 1.54) is 5.56 Å². The average molecular weight is 327 g/mol. The molecular formula is C20H25NO3. The van der Waals surface area contributed by atoms with Gasteiger partial charge in [-0.2, -0.15) is 0 Å². The first-order valence-electron chi connectivity index (χ1n) is 8.23. The van der Waals surface area contributed by atoms with Crippen LogP contribution < -0.4 is 14.8 Å². The van der Waals surface area contributed by atoms with Crippen LogP contribution in [-0.2, 0) is 11.2 Å². The molecule has 4 heteroatoms. The Morgan fingerprint density at radius 2 is 1.62 bits per heavy atom. The van der Waals surface area contributed by atoms with Gasteiger partial charge < -0.3 is 14.8 Å². The predicted molar refractivity (Wildman–Crippen MR) is 95.5 cm³/mol. The molecule has 2 rings (SSSR count). The van der Waals surface area contributed by atoms with Gasteiger partial charge >= 0.3 is 0 Å². The fourth-order valence-electron chi connectivity index (χ4n) is 2.37. The quantitative estimate of drug-likeness (QED) is 0.806. The van der Waals surface area contributed by atoms with Gasteiger partial charge in [-0.15, -0.1) is 0 Å². The molecule has 2 aromatic carbocycles. The number of amides is 1. The molecule has 0 heterocycles. The molecule has 24 heavy (non-hydrogen) atoms. The second-order valence-corrected chi connectivity index (χ2v) is 5.87. The van der Waals surface area contributed by atoms with Gasteiger partial charge in [0.15, 0.2) is 6.10 Å². The summed E-state index contributed by atoms with van der Waals surface area (Å²) in [6.07, 6.45) is 1.29. The molecule has 2 aromatic rings. The molecule has 0 aliphatic carbocycles. The summed E-state index contributed by atoms with van der Waals surface area (Å²) in [6.45, 7) is 3.77. The maximum Gasteiger partial charge on any atom is 0.260 e. The number of ether oxygens (including phenoxy) is 2. The number of carbonyl (C=O) groups excluding carboxylic acids is 1. The van der Waals surface area contributed by atoms with E-state index in [-0.39, 0.29) is 11.9 Å². The normalized spacial score (nSPS) is 13.0. The molecule has 1 N–H and O–H groups in total. The molecule has 0 fully saturated rings. The highest BCUT2D eigenvalue weighted by Crippen LogP contribution is 2.18. The van der Waals surface area contributed by atoms with Crippen LogP contribution in [0.15, 0.2) is 54.6 Å². The number of aryl methyl sites for hydroxylation is 1. The van der Waals surface area contributed by atoms with Crippen LogP contribution in [0.2, 0.25) is 0 Å². The minimum Gasteiger partial charge on any atom is -0.497 e. The molecule has 1 amide bonds. The molecule has 0 radical (unpaired) electrons. The lowest BCUT2D eigenvalue weighted by Gasteiger charge is -2.19. The zero-order chi connectivity index (χ0) is 17.4. The van der Waals surface area contributed by atoms with Crippen LogP contribution in [0, 0.1) is 0 Å². The van der Waals surface area contributed by atoms with E-state index >= 15 is 0 Å². The molecule has 0 bridgehead atoms. The van der Waals surface area contributed by atoms with Crippen LogP contribution in [0.5, 0.6) is 11.5 Å². The van der Waals surface area contributed by atoms with Crippen molar-refractivity contribution in [3.63, 3.8) is 0 Å². The summed E-state index contributed by atoms with van der Waals surface area (Å²) in [6, 6.07) is 17.6. The second-order valence-electron chi connectivity index (χ2n) is 5.87. The lowest BCUT2D eigenvalue weighted by molar-refractivity contribution is -0.127. The maximum absolute atomic E-state index is 12.2. The maximum atomic E-state index is 12.2. The van der Waals surface area contributed by atoms with E-state index in [9.17, 15) is 4.79 Å². The van der Waals surface area contributed by atoms with Gasteiger partial charge in [0, 0.05) is 6.04 Å². The first-order chi connectivity index (χ1) is 11.6. The number of carbonyl (C=O) groups is 1. The molecule has 0 aromatic heterocycles. The Kier molecular flexibility index (Phi) is 6.67. The summed E-state index contributed by atoms with van der Waals surface area (Å²) in [5.74, 6) is 1.30. The highest BCUT2D eigenvalue weighted by Gasteiger charge is 2.16. The summed E-state index contributed by atoms with van der Waals surface area (Å²) >= 11 is 0. The number of nitrogens with one attached hydrogen (secondary N) is 1. The number of hydrogen-bond donors (Lipinski definition) is 1. The van der Waals surface area contributed by atoms with Crippen LogP contribution in [0.25, 0.3) is 0 Å². The summed E-state index contributed by atoms with van der Waals surface area (Å²) in [5.41, 5.74) is 1.28. The summed E-state index contributed by atoms with van der Waals surface area (Å²) < 4.78 is 10.8. The third-order valence-electron chi connectivity index (χ3n) is 3.84. The minimum absolute atomic E-state index is 0.0969. The molecule has 2 unspecified atom stereocenters. The number of hydrogen-bond acceptors (Lipinski definition) is 3. The Morgan fingerprint density at radius 1 is 1.00 bits per heavy atom. The number of rotatable bonds is 8. The Labute approximate surface area is 143 Å². The average Bonchev–Trinajstić information content (AvgIpc) is 2.61. The third kappa shape index (κ3) is 5.61. The van der Waals surface area contributed by atoms with E-state index in [1.54, 1.807) is 26.2 Å². The topological polar surface area (TPSA) is 47.6 Å². The van der Waals surface area contributed by atoms with E-state index in [0.29, 0.717) is 5.75 Å². The zero-order valence-corrected chi connectivity index (χ0v) is 14.5. The van der Waals surface area contributed by atoms with Gasteiger partial charge in [0.1, 0.15) is 11.5 Å². The first kappa shape index (κ1) is 17.9. The highest BCUT2D eigenvalue weighted by atomic mass is 16.5. The molecule has 0 aliphatic rings. The third-order valence-corrected chi connectivity index (χ3v) is 3.84. The molecule has 128 valence electrons. The number of benzene rings is 2. The van der Waals surface area contributed by atoms with Crippen LogP contribution in [0.3, 0.4) is 0 Å².